The first kappa shape index (κ1) is 14.7. The van der Waals surface area contributed by atoms with E-state index >= 15 is 0 Å². The maximum Gasteiger partial charge on any atom is 0.226 e. The molecule has 5 nitrogen and oxygen atoms in total. The minimum Gasteiger partial charge on any atom is -0.364 e. The van der Waals surface area contributed by atoms with Crippen LogP contribution in [0.4, 0.5) is 10.2 Å². The van der Waals surface area contributed by atoms with Crippen LogP contribution >= 0.6 is 11.6 Å². The van der Waals surface area contributed by atoms with Gasteiger partial charge in [0.2, 0.25) is 5.28 Å². The van der Waals surface area contributed by atoms with Crippen LogP contribution in [0.25, 0.3) is 11.2 Å². The van der Waals surface area contributed by atoms with Gasteiger partial charge >= 0.3 is 0 Å². The summed E-state index contributed by atoms with van der Waals surface area (Å²) in [6, 6.07) is 6.50. The zero-order valence-electron chi connectivity index (χ0n) is 12.2. The Bertz CT molecular complexity index is 798. The lowest BCUT2D eigenvalue weighted by Crippen LogP contribution is -2.05. The Morgan fingerprint density at radius 2 is 1.95 bits per heavy atom. The lowest BCUT2D eigenvalue weighted by atomic mass is 10.2. The second-order valence-corrected chi connectivity index (χ2v) is 5.58. The summed E-state index contributed by atoms with van der Waals surface area (Å²) in [6.07, 6.45) is 1.73. The Kier molecular flexibility index (Phi) is 3.94. The van der Waals surface area contributed by atoms with Gasteiger partial charge in [-0.3, -0.25) is 0 Å². The average Bonchev–Trinajstić information content (AvgIpc) is 2.90. The van der Waals surface area contributed by atoms with E-state index in [4.69, 9.17) is 11.6 Å². The van der Waals surface area contributed by atoms with Crippen LogP contribution in [-0.4, -0.2) is 19.5 Å². The number of hydrogen-bond donors (Lipinski definition) is 1. The fourth-order valence-electron chi connectivity index (χ4n) is 2.18. The minimum absolute atomic E-state index is 0.163. The molecule has 0 fully saturated rings. The second kappa shape index (κ2) is 5.88. The van der Waals surface area contributed by atoms with Gasteiger partial charge in [-0.1, -0.05) is 12.1 Å². The first-order chi connectivity index (χ1) is 10.5. The smallest absolute Gasteiger partial charge is 0.226 e. The molecule has 0 aliphatic rings. The Labute approximate surface area is 132 Å². The maximum absolute atomic E-state index is 12.9. The Hall–Kier alpha value is -2.21. The molecule has 0 aliphatic carbocycles. The van der Waals surface area contributed by atoms with E-state index in [2.05, 4.69) is 20.3 Å². The van der Waals surface area contributed by atoms with Gasteiger partial charge in [-0.05, 0) is 43.1 Å². The summed E-state index contributed by atoms with van der Waals surface area (Å²) in [5.74, 6) is 0.311. The number of fused-ring (bicyclic) bond motifs is 1. The van der Waals surface area contributed by atoms with E-state index in [1.54, 1.807) is 18.5 Å². The van der Waals surface area contributed by atoms with Gasteiger partial charge < -0.3 is 9.88 Å². The highest BCUT2D eigenvalue weighted by Crippen LogP contribution is 2.23. The number of benzene rings is 1. The molecule has 7 heteroatoms. The number of aromatic nitrogens is 4. The second-order valence-electron chi connectivity index (χ2n) is 5.24. The van der Waals surface area contributed by atoms with E-state index in [-0.39, 0.29) is 17.1 Å². The molecule has 0 bridgehead atoms. The summed E-state index contributed by atoms with van der Waals surface area (Å²) in [4.78, 5) is 12.8. The van der Waals surface area contributed by atoms with Crippen LogP contribution in [0.3, 0.4) is 0 Å². The monoisotopic (exact) mass is 319 g/mol. The normalized spacial score (nSPS) is 11.3. The third-order valence-electron chi connectivity index (χ3n) is 3.32. The molecular weight excluding hydrogens is 305 g/mol. The van der Waals surface area contributed by atoms with Crippen molar-refractivity contribution in [1.82, 2.24) is 19.5 Å². The molecule has 0 atom stereocenters. The van der Waals surface area contributed by atoms with Gasteiger partial charge in [-0.25, -0.2) is 9.37 Å². The molecule has 1 aromatic carbocycles. The molecule has 2 heterocycles. The van der Waals surface area contributed by atoms with Crippen molar-refractivity contribution in [2.75, 3.05) is 5.32 Å². The summed E-state index contributed by atoms with van der Waals surface area (Å²) in [6.45, 7) is 4.59. The molecule has 0 radical (unpaired) electrons. The summed E-state index contributed by atoms with van der Waals surface area (Å²) < 4.78 is 14.9. The Morgan fingerprint density at radius 1 is 1.23 bits per heavy atom. The van der Waals surface area contributed by atoms with Gasteiger partial charge in [0.05, 0.1) is 6.33 Å². The van der Waals surface area contributed by atoms with Crippen LogP contribution in [0.2, 0.25) is 5.28 Å². The number of anilines is 1. The lowest BCUT2D eigenvalue weighted by Gasteiger charge is -2.09. The number of nitrogens with one attached hydrogen (secondary N) is 1. The fourth-order valence-corrected chi connectivity index (χ4v) is 2.34. The third-order valence-corrected chi connectivity index (χ3v) is 3.49. The van der Waals surface area contributed by atoms with E-state index in [1.165, 1.54) is 12.1 Å². The van der Waals surface area contributed by atoms with Crippen molar-refractivity contribution >= 4 is 28.6 Å². The molecule has 3 aromatic rings. The van der Waals surface area contributed by atoms with Crippen molar-refractivity contribution in [2.45, 2.75) is 26.4 Å². The number of nitrogens with zero attached hydrogens (tertiary/aromatic N) is 4. The molecule has 1 N–H and O–H groups in total. The molecular formula is C15H15ClFN5. The van der Waals surface area contributed by atoms with Crippen LogP contribution in [0.1, 0.15) is 25.5 Å². The van der Waals surface area contributed by atoms with Gasteiger partial charge in [0.15, 0.2) is 17.0 Å². The van der Waals surface area contributed by atoms with Crippen LogP contribution in [0.5, 0.6) is 0 Å². The van der Waals surface area contributed by atoms with Crippen LogP contribution < -0.4 is 5.32 Å². The first-order valence-corrected chi connectivity index (χ1v) is 7.31. The van der Waals surface area contributed by atoms with E-state index in [0.717, 1.165) is 5.56 Å². The largest absolute Gasteiger partial charge is 0.364 e. The first-order valence-electron chi connectivity index (χ1n) is 6.93. The quantitative estimate of drug-likeness (QED) is 0.743. The molecule has 0 aliphatic heterocycles. The third kappa shape index (κ3) is 2.87. The highest BCUT2D eigenvalue weighted by molar-refractivity contribution is 6.28. The Morgan fingerprint density at radius 3 is 2.64 bits per heavy atom. The van der Waals surface area contributed by atoms with E-state index in [1.807, 2.05) is 18.4 Å². The number of hydrogen-bond acceptors (Lipinski definition) is 4. The molecule has 0 saturated heterocycles. The molecule has 0 unspecified atom stereocenters. The van der Waals surface area contributed by atoms with Crippen molar-refractivity contribution in [3.8, 4) is 0 Å². The molecule has 0 saturated carbocycles. The highest BCUT2D eigenvalue weighted by atomic mass is 35.5. The number of halogens is 2. The summed E-state index contributed by atoms with van der Waals surface area (Å²) in [5.41, 5.74) is 2.30. The highest BCUT2D eigenvalue weighted by Gasteiger charge is 2.13. The lowest BCUT2D eigenvalue weighted by molar-refractivity contribution is 0.612. The van der Waals surface area contributed by atoms with Crippen molar-refractivity contribution in [3.63, 3.8) is 0 Å². The van der Waals surface area contributed by atoms with Crippen LogP contribution in [-0.2, 0) is 6.54 Å². The predicted molar refractivity (Wildman–Crippen MR) is 84.4 cm³/mol. The van der Waals surface area contributed by atoms with Crippen LogP contribution in [0.15, 0.2) is 30.6 Å². The Balaban J connectivity index is 1.91. The number of imidazole rings is 1. The predicted octanol–water partition coefficient (Wildman–Crippen LogP) is 3.81. The standard InChI is InChI=1S/C15H15ClFN5/c1-9(2)22-8-19-12-13(20-15(16)21-14(12)22)18-7-10-3-5-11(17)6-4-10/h3-6,8-9H,7H2,1-2H3,(H,18,20,21). The van der Waals surface area contributed by atoms with Crippen LogP contribution in [0, 0.1) is 5.82 Å². The maximum atomic E-state index is 12.9. The average molecular weight is 320 g/mol. The molecule has 0 spiro atoms. The van der Waals surface area contributed by atoms with Gasteiger partial charge in [-0.15, -0.1) is 0 Å². The number of rotatable bonds is 4. The molecule has 22 heavy (non-hydrogen) atoms. The molecule has 0 amide bonds. The SMILES string of the molecule is CC(C)n1cnc2c(NCc3ccc(F)cc3)nc(Cl)nc21. The van der Waals surface area contributed by atoms with Crippen molar-refractivity contribution in [3.05, 3.63) is 47.3 Å². The van der Waals surface area contributed by atoms with E-state index in [9.17, 15) is 4.39 Å². The van der Waals surface area contributed by atoms with Gasteiger partial charge in [0, 0.05) is 12.6 Å². The van der Waals surface area contributed by atoms with Crippen molar-refractivity contribution in [1.29, 1.82) is 0 Å². The van der Waals surface area contributed by atoms with Gasteiger partial charge in [0.1, 0.15) is 5.82 Å². The fraction of sp³-hybridized carbons (Fsp3) is 0.267. The summed E-state index contributed by atoms with van der Waals surface area (Å²) in [7, 11) is 0. The van der Waals surface area contributed by atoms with Crippen molar-refractivity contribution in [2.24, 2.45) is 0 Å². The van der Waals surface area contributed by atoms with Gasteiger partial charge in [-0.2, -0.15) is 9.97 Å². The van der Waals surface area contributed by atoms with E-state index < -0.39 is 0 Å². The minimum atomic E-state index is -0.258. The topological polar surface area (TPSA) is 55.6 Å². The summed E-state index contributed by atoms with van der Waals surface area (Å²) >= 11 is 6.01. The van der Waals surface area contributed by atoms with Crippen molar-refractivity contribution < 1.29 is 4.39 Å². The van der Waals surface area contributed by atoms with Gasteiger partial charge in [0.25, 0.3) is 0 Å². The zero-order chi connectivity index (χ0) is 15.7. The molecule has 2 aromatic heterocycles. The van der Waals surface area contributed by atoms with E-state index in [0.29, 0.717) is 23.5 Å². The summed E-state index contributed by atoms with van der Waals surface area (Å²) in [5, 5.41) is 3.35. The molecule has 114 valence electrons. The molecule has 3 rings (SSSR count). The zero-order valence-corrected chi connectivity index (χ0v) is 13.0.